The molecule has 32 heavy (non-hydrogen) atoms. The van der Waals surface area contributed by atoms with E-state index in [4.69, 9.17) is 61.0 Å². The molecule has 1 radical (unpaired) electrons. The summed E-state index contributed by atoms with van der Waals surface area (Å²) in [5.41, 5.74) is 10.3. The van der Waals surface area contributed by atoms with Crippen LogP contribution in [0.5, 0.6) is 0 Å². The number of carbonyl (C=O) groups excluding carboxylic acids is 5. The predicted molar refractivity (Wildman–Crippen MR) is 104 cm³/mol. The van der Waals surface area contributed by atoms with Crippen molar-refractivity contribution in [2.45, 2.75) is 34.6 Å². The summed E-state index contributed by atoms with van der Waals surface area (Å²) in [5.74, 6) is -5.42. The number of hydrogen-bond acceptors (Lipinski definition) is 13. The van der Waals surface area contributed by atoms with Crippen LogP contribution in [0, 0.1) is 0 Å². The summed E-state index contributed by atoms with van der Waals surface area (Å²) in [5, 5.41) is 47.5. The summed E-state index contributed by atoms with van der Waals surface area (Å²) < 4.78 is 0. The monoisotopic (exact) mass is 526 g/mol. The third-order valence-electron chi connectivity index (χ3n) is 0.642. The molecule has 0 saturated heterocycles. The molecule has 0 spiro atoms. The van der Waals surface area contributed by atoms with Crippen LogP contribution in [0.1, 0.15) is 34.6 Å². The van der Waals surface area contributed by atoms with Gasteiger partial charge in [-0.25, -0.2) is 0 Å². The van der Waals surface area contributed by atoms with E-state index in [0.29, 0.717) is 13.1 Å². The number of carbonyl (C=O) groups is 5. The van der Waals surface area contributed by atoms with Crippen molar-refractivity contribution in [3.05, 3.63) is 0 Å². The Balaban J connectivity index is -0.0000000181. The van der Waals surface area contributed by atoms with Gasteiger partial charge in [0.05, 0.1) is 0 Å². The molecule has 17 N–H and O–H groups in total. The van der Waals surface area contributed by atoms with Crippen LogP contribution < -0.4 is 54.6 Å². The summed E-state index contributed by atoms with van der Waals surface area (Å²) in [6, 6.07) is 0. The van der Waals surface area contributed by atoms with Gasteiger partial charge in [0.2, 0.25) is 0 Å². The first-order chi connectivity index (χ1) is 12.1. The number of carboxylic acids is 5. The van der Waals surface area contributed by atoms with E-state index in [1.807, 2.05) is 0 Å². The number of hydrogen-bond donors (Lipinski definition) is 5. The fourth-order valence-electron chi connectivity index (χ4n) is 0.329. The Morgan fingerprint density at radius 2 is 0.656 bits per heavy atom. The van der Waals surface area contributed by atoms with Gasteiger partial charge in [-0.1, -0.05) is 0 Å². The second-order valence-electron chi connectivity index (χ2n) is 3.79. The van der Waals surface area contributed by atoms with E-state index in [2.05, 4.69) is 5.32 Å². The zero-order valence-electron chi connectivity index (χ0n) is 19.4. The van der Waals surface area contributed by atoms with Crippen molar-refractivity contribution in [3.8, 4) is 0 Å². The number of quaternary nitrogens is 2. The first-order valence-electron chi connectivity index (χ1n) is 7.06. The quantitative estimate of drug-likeness (QED) is 0.168. The number of nitrogens with one attached hydrogen (secondary N) is 1. The van der Waals surface area contributed by atoms with Crippen molar-refractivity contribution in [2.24, 2.45) is 11.5 Å². The summed E-state index contributed by atoms with van der Waals surface area (Å²) in [6.45, 7) is 7.99. The number of carboxylic acid groups (broad SMARTS) is 5. The summed E-state index contributed by atoms with van der Waals surface area (Å²) in [4.78, 5) is 44.4. The van der Waals surface area contributed by atoms with Gasteiger partial charge in [-0.05, 0) is 34.6 Å². The van der Waals surface area contributed by atoms with Crippen molar-refractivity contribution < 1.29 is 77.5 Å². The molecular weight excluding hydrogens is 486 g/mol. The standard InChI is InChI=1S/C4H13N3.5C2H4O2.Fe.2H3N.2H2O/c5-1-3-7-4-2-6;5*1-2(3)4;;;;;/h7H,1-6H2;5*1H3,(H,3,4);;2*1H3;2*1H2/q;;;;;;+3;;;;/p-3. The van der Waals surface area contributed by atoms with Gasteiger partial charge in [0, 0.05) is 56.0 Å². The van der Waals surface area contributed by atoms with E-state index >= 15 is 0 Å². The normalized spacial score (nSPS) is 5.97. The topological polar surface area (TPSA) is 401 Å². The molecule has 0 rings (SSSR count). The summed E-state index contributed by atoms with van der Waals surface area (Å²) in [7, 11) is 0. The Morgan fingerprint density at radius 3 is 0.719 bits per heavy atom. The third-order valence-corrected chi connectivity index (χ3v) is 0.642. The van der Waals surface area contributed by atoms with Gasteiger partial charge in [-0.15, -0.1) is 0 Å². The Morgan fingerprint density at radius 1 is 0.562 bits per heavy atom. The zero-order chi connectivity index (χ0) is 23.4. The third kappa shape index (κ3) is 7720. The maximum atomic E-state index is 8.89. The molecule has 0 aromatic heterocycles. The van der Waals surface area contributed by atoms with Gasteiger partial charge in [-0.3, -0.25) is 0 Å². The Kier molecular flexibility index (Phi) is 154. The molecule has 201 valence electrons. The molecule has 0 aliphatic heterocycles. The number of nitrogens with two attached hydrogens (primary N) is 2. The molecule has 0 aromatic rings. The molecule has 0 unspecified atom stereocenters. The van der Waals surface area contributed by atoms with Crippen LogP contribution >= 0.6 is 0 Å². The van der Waals surface area contributed by atoms with Crippen LogP contribution in [-0.4, -0.2) is 67.0 Å². The van der Waals surface area contributed by atoms with E-state index in [1.54, 1.807) is 0 Å². The maximum absolute atomic E-state index is 8.89. The Hall–Kier alpha value is -2.41. The summed E-state index contributed by atoms with van der Waals surface area (Å²) >= 11 is 0. The van der Waals surface area contributed by atoms with Gasteiger partial charge in [0.1, 0.15) is 0 Å². The first kappa shape index (κ1) is 70.0. The van der Waals surface area contributed by atoms with Gasteiger partial charge < -0.3 is 89.5 Å². The van der Waals surface area contributed by atoms with Crippen molar-refractivity contribution in [1.82, 2.24) is 17.6 Å². The van der Waals surface area contributed by atoms with Crippen molar-refractivity contribution >= 4 is 29.8 Å². The van der Waals surface area contributed by atoms with Crippen molar-refractivity contribution in [3.63, 3.8) is 0 Å². The van der Waals surface area contributed by atoms with Crippen LogP contribution in [0.2, 0.25) is 0 Å². The predicted octanol–water partition coefficient (Wildman–Crippen LogP) is -8.63. The van der Waals surface area contributed by atoms with Gasteiger partial charge in [-0.2, -0.15) is 0 Å². The molecule has 0 bridgehead atoms. The average molecular weight is 526 g/mol. The molecule has 0 aliphatic rings. The minimum atomic E-state index is -1.08. The van der Waals surface area contributed by atoms with Crippen molar-refractivity contribution in [2.75, 3.05) is 26.2 Å². The van der Waals surface area contributed by atoms with Crippen LogP contribution in [-0.2, 0) is 41.0 Å². The number of aliphatic carboxylic acids is 5. The average Bonchev–Trinajstić information content (AvgIpc) is 2.35. The molecule has 0 heterocycles. The van der Waals surface area contributed by atoms with Crippen LogP contribution in [0.3, 0.4) is 0 Å². The van der Waals surface area contributed by atoms with E-state index in [9.17, 15) is 0 Å². The smallest absolute Gasteiger partial charge is 0.550 e. The molecule has 17 nitrogen and oxygen atoms in total. The molecule has 0 saturated carbocycles. The summed E-state index contributed by atoms with van der Waals surface area (Å²) in [6.07, 6.45) is 0. The molecule has 0 aliphatic carbocycles. The van der Waals surface area contributed by atoms with Crippen LogP contribution in [0.15, 0.2) is 0 Å². The van der Waals surface area contributed by atoms with E-state index in [1.165, 1.54) is 0 Å². The van der Waals surface area contributed by atoms with Crippen LogP contribution in [0.4, 0.5) is 0 Å². The van der Waals surface area contributed by atoms with E-state index in [-0.39, 0.29) is 40.3 Å². The molecule has 0 atom stereocenters. The second-order valence-corrected chi connectivity index (χ2v) is 3.79. The molecule has 18 heteroatoms. The molecule has 0 amide bonds. The first-order valence-corrected chi connectivity index (χ1v) is 7.06. The fourth-order valence-corrected chi connectivity index (χ4v) is 0.329. The maximum Gasteiger partial charge on any atom is 3.00 e. The SMILES string of the molecule is CC(=O)[O-].CC(=O)[O-].CC(=O)[O-].CC(=O)[O-].CC(=O)[O-].NCCNCCN.O.O.[Fe+3].[NH4+].[NH4+]. The molecular formula is C14H40FeN5O12. The van der Waals surface area contributed by atoms with Crippen LogP contribution in [0.25, 0.3) is 0 Å². The van der Waals surface area contributed by atoms with Gasteiger partial charge in [0.25, 0.3) is 0 Å². The van der Waals surface area contributed by atoms with Gasteiger partial charge in [0.15, 0.2) is 0 Å². The largest absolute Gasteiger partial charge is 3.00 e. The van der Waals surface area contributed by atoms with Crippen molar-refractivity contribution in [1.29, 1.82) is 0 Å². The van der Waals surface area contributed by atoms with Gasteiger partial charge >= 0.3 is 17.1 Å². The Labute approximate surface area is 197 Å². The van der Waals surface area contributed by atoms with E-state index < -0.39 is 29.8 Å². The minimum absolute atomic E-state index is 0. The Bertz CT molecular complexity index is 297. The second kappa shape index (κ2) is 70.3. The molecule has 0 aromatic carbocycles. The number of rotatable bonds is 4. The van der Waals surface area contributed by atoms with E-state index in [0.717, 1.165) is 47.7 Å². The fraction of sp³-hybridized carbons (Fsp3) is 0.643. The molecule has 0 fully saturated rings. The minimum Gasteiger partial charge on any atom is -0.550 e. The zero-order valence-corrected chi connectivity index (χ0v) is 20.5.